The van der Waals surface area contributed by atoms with E-state index in [0.29, 0.717) is 0 Å². The second kappa shape index (κ2) is 4.73. The van der Waals surface area contributed by atoms with Gasteiger partial charge in [-0.3, -0.25) is 0 Å². The van der Waals surface area contributed by atoms with Gasteiger partial charge in [-0.25, -0.2) is 0 Å². The van der Waals surface area contributed by atoms with Crippen molar-refractivity contribution in [2.75, 3.05) is 26.8 Å². The molecule has 0 aromatic heterocycles. The molecule has 0 radical (unpaired) electrons. The quantitative estimate of drug-likeness (QED) is 0.607. The summed E-state index contributed by atoms with van der Waals surface area (Å²) in [6, 6.07) is 0. The molecular weight excluding hydrogens is 138 g/mol. The van der Waals surface area contributed by atoms with Gasteiger partial charge < -0.3 is 10.1 Å². The monoisotopic (exact) mass is 157 g/mol. The van der Waals surface area contributed by atoms with Crippen LogP contribution in [0, 0.1) is 11.8 Å². The Kier molecular flexibility index (Phi) is 3.87. The van der Waals surface area contributed by atoms with Gasteiger partial charge in [-0.2, -0.15) is 0 Å². The van der Waals surface area contributed by atoms with E-state index >= 15 is 0 Å². The SMILES string of the molecule is COCCNCC1CC(C)C1. The van der Waals surface area contributed by atoms with Gasteiger partial charge in [0.2, 0.25) is 0 Å². The van der Waals surface area contributed by atoms with Crippen LogP contribution in [-0.2, 0) is 4.74 Å². The summed E-state index contributed by atoms with van der Waals surface area (Å²) in [6.45, 7) is 5.35. The molecule has 1 N–H and O–H groups in total. The molecule has 0 atom stereocenters. The average Bonchev–Trinajstić information content (AvgIpc) is 1.94. The van der Waals surface area contributed by atoms with Gasteiger partial charge >= 0.3 is 0 Å². The number of nitrogens with one attached hydrogen (secondary N) is 1. The molecule has 0 aliphatic heterocycles. The number of hydrogen-bond acceptors (Lipinski definition) is 2. The highest BCUT2D eigenvalue weighted by Crippen LogP contribution is 2.31. The molecule has 0 bridgehead atoms. The van der Waals surface area contributed by atoms with Crippen LogP contribution in [0.5, 0.6) is 0 Å². The summed E-state index contributed by atoms with van der Waals surface area (Å²) in [5.74, 6) is 1.92. The Bertz CT molecular complexity index is 99.7. The topological polar surface area (TPSA) is 21.3 Å². The van der Waals surface area contributed by atoms with Gasteiger partial charge in [-0.15, -0.1) is 0 Å². The van der Waals surface area contributed by atoms with Crippen molar-refractivity contribution in [3.05, 3.63) is 0 Å². The standard InChI is InChI=1S/C9H19NO/c1-8-5-9(6-8)7-10-3-4-11-2/h8-10H,3-7H2,1-2H3. The fourth-order valence-electron chi connectivity index (χ4n) is 1.72. The van der Waals surface area contributed by atoms with Gasteiger partial charge in [0.25, 0.3) is 0 Å². The summed E-state index contributed by atoms with van der Waals surface area (Å²) in [6.07, 6.45) is 2.83. The summed E-state index contributed by atoms with van der Waals surface area (Å²) in [5, 5.41) is 3.38. The maximum Gasteiger partial charge on any atom is 0.0587 e. The molecule has 2 nitrogen and oxygen atoms in total. The lowest BCUT2D eigenvalue weighted by molar-refractivity contribution is 0.179. The van der Waals surface area contributed by atoms with Crippen molar-refractivity contribution in [2.24, 2.45) is 11.8 Å². The maximum absolute atomic E-state index is 4.93. The minimum Gasteiger partial charge on any atom is -0.383 e. The van der Waals surface area contributed by atoms with E-state index in [1.165, 1.54) is 19.4 Å². The fraction of sp³-hybridized carbons (Fsp3) is 1.00. The molecule has 0 unspecified atom stereocenters. The van der Waals surface area contributed by atoms with Crippen molar-refractivity contribution >= 4 is 0 Å². The Morgan fingerprint density at radius 1 is 1.45 bits per heavy atom. The van der Waals surface area contributed by atoms with E-state index in [4.69, 9.17) is 4.74 Å². The van der Waals surface area contributed by atoms with Crippen LogP contribution in [0.15, 0.2) is 0 Å². The summed E-state index contributed by atoms with van der Waals surface area (Å²) >= 11 is 0. The van der Waals surface area contributed by atoms with Crippen molar-refractivity contribution in [1.29, 1.82) is 0 Å². The summed E-state index contributed by atoms with van der Waals surface area (Å²) in [4.78, 5) is 0. The second-order valence-electron chi connectivity index (χ2n) is 3.64. The molecule has 0 saturated heterocycles. The molecule has 2 heteroatoms. The smallest absolute Gasteiger partial charge is 0.0587 e. The first-order chi connectivity index (χ1) is 5.33. The first-order valence-corrected chi connectivity index (χ1v) is 4.52. The van der Waals surface area contributed by atoms with Gasteiger partial charge in [0, 0.05) is 13.7 Å². The lowest BCUT2D eigenvalue weighted by Crippen LogP contribution is -2.33. The molecule has 0 amide bonds. The molecule has 1 rings (SSSR count). The highest BCUT2D eigenvalue weighted by molar-refractivity contribution is 4.77. The Morgan fingerprint density at radius 2 is 2.18 bits per heavy atom. The molecule has 1 fully saturated rings. The molecular formula is C9H19NO. The van der Waals surface area contributed by atoms with Crippen LogP contribution in [-0.4, -0.2) is 26.8 Å². The molecule has 1 saturated carbocycles. The van der Waals surface area contributed by atoms with E-state index < -0.39 is 0 Å². The van der Waals surface area contributed by atoms with Gasteiger partial charge in [0.15, 0.2) is 0 Å². The lowest BCUT2D eigenvalue weighted by Gasteiger charge is -2.32. The van der Waals surface area contributed by atoms with Crippen LogP contribution in [0.2, 0.25) is 0 Å². The van der Waals surface area contributed by atoms with Gasteiger partial charge in [0.05, 0.1) is 6.61 Å². The van der Waals surface area contributed by atoms with E-state index in [9.17, 15) is 0 Å². The largest absolute Gasteiger partial charge is 0.383 e. The average molecular weight is 157 g/mol. The van der Waals surface area contributed by atoms with Crippen molar-refractivity contribution in [2.45, 2.75) is 19.8 Å². The maximum atomic E-state index is 4.93. The predicted molar refractivity (Wildman–Crippen MR) is 46.6 cm³/mol. The van der Waals surface area contributed by atoms with E-state index in [1.807, 2.05) is 0 Å². The molecule has 0 aromatic carbocycles. The summed E-state index contributed by atoms with van der Waals surface area (Å²) in [5.41, 5.74) is 0. The second-order valence-corrected chi connectivity index (χ2v) is 3.64. The van der Waals surface area contributed by atoms with Crippen molar-refractivity contribution in [3.8, 4) is 0 Å². The van der Waals surface area contributed by atoms with Crippen LogP contribution < -0.4 is 5.32 Å². The number of rotatable bonds is 5. The number of methoxy groups -OCH3 is 1. The van der Waals surface area contributed by atoms with Gasteiger partial charge in [-0.05, 0) is 31.2 Å². The molecule has 0 spiro atoms. The molecule has 1 aliphatic carbocycles. The third-order valence-corrected chi connectivity index (χ3v) is 2.39. The fourth-order valence-corrected chi connectivity index (χ4v) is 1.72. The first-order valence-electron chi connectivity index (χ1n) is 4.52. The number of ether oxygens (including phenoxy) is 1. The molecule has 0 aromatic rings. The molecule has 1 aliphatic rings. The Hall–Kier alpha value is -0.0800. The minimum absolute atomic E-state index is 0.836. The Morgan fingerprint density at radius 3 is 2.73 bits per heavy atom. The van der Waals surface area contributed by atoms with Gasteiger partial charge in [-0.1, -0.05) is 6.92 Å². The van der Waals surface area contributed by atoms with Crippen LogP contribution >= 0.6 is 0 Å². The van der Waals surface area contributed by atoms with Crippen LogP contribution in [0.1, 0.15) is 19.8 Å². The molecule has 66 valence electrons. The van der Waals surface area contributed by atoms with E-state index in [2.05, 4.69) is 12.2 Å². The lowest BCUT2D eigenvalue weighted by atomic mass is 9.76. The van der Waals surface area contributed by atoms with E-state index in [-0.39, 0.29) is 0 Å². The van der Waals surface area contributed by atoms with Crippen molar-refractivity contribution in [1.82, 2.24) is 5.32 Å². The summed E-state index contributed by atoms with van der Waals surface area (Å²) in [7, 11) is 1.74. The van der Waals surface area contributed by atoms with Crippen molar-refractivity contribution < 1.29 is 4.74 Å². The van der Waals surface area contributed by atoms with Crippen molar-refractivity contribution in [3.63, 3.8) is 0 Å². The normalized spacial score (nSPS) is 30.0. The van der Waals surface area contributed by atoms with Gasteiger partial charge in [0.1, 0.15) is 0 Å². The predicted octanol–water partition coefficient (Wildman–Crippen LogP) is 1.27. The third-order valence-electron chi connectivity index (χ3n) is 2.39. The Balaban J connectivity index is 1.81. The van der Waals surface area contributed by atoms with Crippen LogP contribution in [0.4, 0.5) is 0 Å². The molecule has 0 heterocycles. The van der Waals surface area contributed by atoms with E-state index in [1.54, 1.807) is 7.11 Å². The van der Waals surface area contributed by atoms with Crippen LogP contribution in [0.25, 0.3) is 0 Å². The number of hydrogen-bond donors (Lipinski definition) is 1. The zero-order valence-corrected chi connectivity index (χ0v) is 7.60. The highest BCUT2D eigenvalue weighted by atomic mass is 16.5. The third kappa shape index (κ3) is 3.21. The zero-order chi connectivity index (χ0) is 8.10. The van der Waals surface area contributed by atoms with E-state index in [0.717, 1.165) is 25.0 Å². The first kappa shape index (κ1) is 9.01. The zero-order valence-electron chi connectivity index (χ0n) is 7.60. The minimum atomic E-state index is 0.836. The highest BCUT2D eigenvalue weighted by Gasteiger charge is 2.24. The van der Waals surface area contributed by atoms with Crippen LogP contribution in [0.3, 0.4) is 0 Å². The Labute approximate surface area is 69.3 Å². The molecule has 11 heavy (non-hydrogen) atoms. The summed E-state index contributed by atoms with van der Waals surface area (Å²) < 4.78 is 4.93.